The van der Waals surface area contributed by atoms with Gasteiger partial charge in [-0.25, -0.2) is 38.7 Å². The summed E-state index contributed by atoms with van der Waals surface area (Å²) in [6, 6.07) is 17.3. The van der Waals surface area contributed by atoms with Gasteiger partial charge < -0.3 is 39.9 Å². The van der Waals surface area contributed by atoms with Crippen molar-refractivity contribution in [2.24, 2.45) is 0 Å². The second kappa shape index (κ2) is 19.8. The lowest BCUT2D eigenvalue weighted by atomic mass is 10.1. The molecule has 6 aromatic rings. The van der Waals surface area contributed by atoms with Gasteiger partial charge in [0.15, 0.2) is 67.1 Å². The maximum absolute atomic E-state index is 15.9. The summed E-state index contributed by atoms with van der Waals surface area (Å²) in [6.45, 7) is 9.86. The molecule has 0 radical (unpaired) electrons. The molecule has 2 fully saturated rings. The van der Waals surface area contributed by atoms with Gasteiger partial charge in [-0.15, -0.1) is 0 Å². The number of rotatable bonds is 12. The normalized spacial score (nSPS) is 24.0. The zero-order valence-corrected chi connectivity index (χ0v) is 36.8. The maximum Gasteiger partial charge on any atom is 0.256 e. The smallest absolute Gasteiger partial charge is 0.256 e. The Morgan fingerprint density at radius 1 is 0.778 bits per heavy atom. The van der Waals surface area contributed by atoms with Crippen molar-refractivity contribution in [1.82, 2.24) is 39.0 Å². The molecule has 2 aromatic carbocycles. The first kappa shape index (κ1) is 42.6. The molecule has 2 unspecified atom stereocenters. The maximum atomic E-state index is 15.9. The third kappa shape index (κ3) is 9.78. The second-order valence-corrected chi connectivity index (χ2v) is 20.7. The summed E-state index contributed by atoms with van der Waals surface area (Å²) >= 11 is 0. The first-order valence-corrected chi connectivity index (χ1v) is 22.2. The van der Waals surface area contributed by atoms with Gasteiger partial charge >= 0.3 is 0 Å². The number of nitrogens with one attached hydrogen (secondary N) is 2. The Morgan fingerprint density at radius 2 is 1.22 bits per heavy atom. The van der Waals surface area contributed by atoms with Crippen molar-refractivity contribution < 1.29 is 50.3 Å². The van der Waals surface area contributed by atoms with E-state index in [0.29, 0.717) is 22.3 Å². The Bertz CT molecular complexity index is 2530. The number of ether oxygens (including phenoxy) is 2. The summed E-state index contributed by atoms with van der Waals surface area (Å²) in [5, 5.41) is 24.0. The number of aromatic nitrogens is 8. The van der Waals surface area contributed by atoms with E-state index < -0.39 is 57.5 Å². The minimum Gasteiger partial charge on any atom is -0.408 e. The number of hydrogen-bond acceptors (Lipinski definition) is 14. The largest absolute Gasteiger partial charge is 0.408 e. The highest BCUT2D eigenvalue weighted by Crippen LogP contribution is 2.43. The highest BCUT2D eigenvalue weighted by Gasteiger charge is 2.51. The predicted molar refractivity (Wildman–Crippen MR) is 233 cm³/mol. The molecule has 2 amide bonds. The van der Waals surface area contributed by atoms with Crippen molar-refractivity contribution >= 4 is 54.1 Å². The molecule has 338 valence electrons. The first-order chi connectivity index (χ1) is 32.1. The minimum atomic E-state index is -2.35. The van der Waals surface area contributed by atoms with Crippen LogP contribution < -0.4 is 10.6 Å². The average Bonchev–Trinajstić information content (AvgIpc) is 4.10. The third-order valence-electron chi connectivity index (χ3n) is 10.9. The fourth-order valence-corrected chi connectivity index (χ4v) is 7.89. The van der Waals surface area contributed by atoms with Crippen molar-refractivity contribution in [3.05, 3.63) is 97.1 Å². The van der Waals surface area contributed by atoms with E-state index in [1.54, 1.807) is 54.6 Å². The minimum absolute atomic E-state index is 0.141. The second-order valence-electron chi connectivity index (χ2n) is 15.9. The van der Waals surface area contributed by atoms with Crippen LogP contribution in [0.15, 0.2) is 86.0 Å². The Morgan fingerprint density at radius 3 is 1.68 bits per heavy atom. The first-order valence-electron chi connectivity index (χ1n) is 22.1. The molecule has 21 heteroatoms. The molecule has 0 saturated carbocycles. The molecular formula is C42H54F2N10O8Si. The molecule has 4 aromatic heterocycles. The number of benzene rings is 2. The number of anilines is 2. The quantitative estimate of drug-likeness (QED) is 0.0937. The van der Waals surface area contributed by atoms with E-state index in [9.17, 15) is 19.1 Å². The number of aliphatic hydroxyl groups is 3. The summed E-state index contributed by atoms with van der Waals surface area (Å²) in [6.07, 6.45) is -4.57. The molecule has 2 aliphatic rings. The average molecular weight is 899 g/mol. The van der Waals surface area contributed by atoms with Crippen LogP contribution in [0, 0.1) is 0 Å². The van der Waals surface area contributed by atoms with Crippen molar-refractivity contribution in [3.8, 4) is 0 Å². The number of amides is 2. The molecule has 63 heavy (non-hydrogen) atoms. The van der Waals surface area contributed by atoms with E-state index in [0.717, 1.165) is 0 Å². The number of carbonyl (C=O) groups is 2. The summed E-state index contributed by atoms with van der Waals surface area (Å²) in [5.41, 5.74) is 1.98. The number of carbonyl (C=O) groups excluding carboxylic acids is 2. The summed E-state index contributed by atoms with van der Waals surface area (Å²) < 4.78 is 76.4. The number of hydrogen-bond donors (Lipinski definition) is 5. The van der Waals surface area contributed by atoms with Crippen LogP contribution in [-0.2, 0) is 13.9 Å². The SMILES string of the molecule is [2H]OC[C@H]1OC(n2cnc3c(NC(=O)c4ccccc4)ncnc32)[C@H](F)[C@@H]1O.[2H]OC[C@H]1OC(n2cnc3c(NC(=O)c4ccccc4)ncnc32)[C@H](F)[C@@H]1O[Si](C)(C)C(C)(C)C.[3H]C.[3H]C. The van der Waals surface area contributed by atoms with Gasteiger partial charge in [0.25, 0.3) is 11.8 Å². The van der Waals surface area contributed by atoms with Gasteiger partial charge in [-0.3, -0.25) is 18.7 Å². The number of halogens is 2. The highest BCUT2D eigenvalue weighted by atomic mass is 28.4. The lowest BCUT2D eigenvalue weighted by Crippen LogP contribution is -2.49. The molecule has 8 atom stereocenters. The van der Waals surface area contributed by atoms with Gasteiger partial charge in [0.2, 0.25) is 2.86 Å². The topological polar surface area (TPSA) is 234 Å². The van der Waals surface area contributed by atoms with E-state index >= 15 is 4.39 Å². The van der Waals surface area contributed by atoms with E-state index in [1.807, 2.05) is 19.2 Å². The van der Waals surface area contributed by atoms with Gasteiger partial charge in [0.1, 0.15) is 37.1 Å². The number of nitrogens with zero attached hydrogens (tertiary/aromatic N) is 8. The van der Waals surface area contributed by atoms with Crippen molar-refractivity contribution in [1.29, 1.82) is 2.86 Å². The number of fused-ring (bicyclic) bond motifs is 2. The lowest BCUT2D eigenvalue weighted by molar-refractivity contribution is -0.0459. The van der Waals surface area contributed by atoms with Crippen LogP contribution in [0.3, 0.4) is 0 Å². The van der Waals surface area contributed by atoms with E-state index in [1.165, 1.54) is 49.2 Å². The Balaban J connectivity index is 0.000000238. The molecule has 18 nitrogen and oxygen atoms in total. The van der Waals surface area contributed by atoms with Gasteiger partial charge in [0, 0.05) is 13.9 Å². The summed E-state index contributed by atoms with van der Waals surface area (Å²) in [7, 11) is 0.155. The van der Waals surface area contributed by atoms with Crippen molar-refractivity contribution in [2.45, 2.75) is 103 Å². The van der Waals surface area contributed by atoms with Gasteiger partial charge in [-0.05, 0) is 42.4 Å². The Kier molecular flexibility index (Phi) is 13.4. The van der Waals surface area contributed by atoms with Gasteiger partial charge in [-0.1, -0.05) is 72.0 Å². The van der Waals surface area contributed by atoms with E-state index in [-0.39, 0.29) is 52.9 Å². The molecular weight excluding hydrogens is 839 g/mol. The molecule has 0 aliphatic carbocycles. The summed E-state index contributed by atoms with van der Waals surface area (Å²) in [4.78, 5) is 50.0. The molecule has 5 N–H and O–H groups in total. The summed E-state index contributed by atoms with van der Waals surface area (Å²) in [5.74, 6) is -0.358. The van der Waals surface area contributed by atoms with Crippen LogP contribution in [0.2, 0.25) is 18.1 Å². The fraction of sp³-hybridized carbons (Fsp3) is 0.429. The standard InChI is InChI=1S/C23H30FN5O4Si.C17H16FN5O4.2CH4/c1-23(2,3)34(4,5)33-18-15(11-30)32-22(16(18)24)29-13-27-17-19(25-12-26-20(17)29)28-21(31)14-9-7-6-8-10-14;18-11-13(25)10(6-24)27-17(11)23-8-21-12-14(19-7-20-15(12)23)22-16(26)9-4-2-1-3-5-9;;/h6-10,12-13,15-16,18,22,30H,11H2,1-5H3,(H,25,26,28,31);1-5,7-8,10-11,13,17,24-25H,6H2,(H,19,20,22,26);2*1H4/t15-,16-,18-,22?;10-,11-,13-,17?;;/m11../s1/i30D;24D;2*1T. The van der Waals surface area contributed by atoms with Crippen LogP contribution in [0.5, 0.6) is 0 Å². The molecule has 8 rings (SSSR count). The fourth-order valence-electron chi connectivity index (χ4n) is 6.57. The monoisotopic (exact) mass is 898 g/mol. The van der Waals surface area contributed by atoms with Crippen molar-refractivity contribution in [2.75, 3.05) is 23.8 Å². The van der Waals surface area contributed by atoms with Crippen LogP contribution in [0.1, 0.15) is 71.5 Å². The zero-order valence-electron chi connectivity index (χ0n) is 39.8. The molecule has 2 saturated heterocycles. The lowest BCUT2D eigenvalue weighted by Gasteiger charge is -2.39. The van der Waals surface area contributed by atoms with Crippen LogP contribution in [-0.4, -0.2) is 127 Å². The number of imidazole rings is 2. The van der Waals surface area contributed by atoms with Gasteiger partial charge in [-0.2, -0.15) is 0 Å². The van der Waals surface area contributed by atoms with Crippen LogP contribution in [0.25, 0.3) is 22.3 Å². The van der Waals surface area contributed by atoms with E-state index in [2.05, 4.69) is 71.5 Å². The van der Waals surface area contributed by atoms with Crippen molar-refractivity contribution in [3.63, 3.8) is 0 Å². The highest BCUT2D eigenvalue weighted by molar-refractivity contribution is 6.74. The van der Waals surface area contributed by atoms with Crippen LogP contribution >= 0.6 is 0 Å². The number of alkyl halides is 2. The number of aliphatic hydroxyl groups excluding tert-OH is 3. The molecule has 0 spiro atoms. The zero-order chi connectivity index (χ0) is 49.1. The molecule has 0 bridgehead atoms. The molecule has 2 aliphatic heterocycles. The van der Waals surface area contributed by atoms with Crippen LogP contribution in [0.4, 0.5) is 20.4 Å². The van der Waals surface area contributed by atoms with E-state index in [4.69, 9.17) is 19.5 Å². The van der Waals surface area contributed by atoms with Gasteiger partial charge in [0.05, 0.1) is 25.9 Å². The third-order valence-corrected chi connectivity index (χ3v) is 15.4. The predicted octanol–water partition coefficient (Wildman–Crippen LogP) is 5.64. The molecule has 6 heterocycles. The Hall–Kier alpha value is -5.68. The Labute approximate surface area is 369 Å².